The molecule has 0 saturated heterocycles. The summed E-state index contributed by atoms with van der Waals surface area (Å²) in [6.07, 6.45) is 0. The largest absolute Gasteiger partial charge is 0.465 e. The van der Waals surface area contributed by atoms with Crippen molar-refractivity contribution in [2.24, 2.45) is 0 Å². The number of nitro groups is 1. The Hall–Kier alpha value is -2.97. The van der Waals surface area contributed by atoms with Gasteiger partial charge in [-0.2, -0.15) is 0 Å². The molecule has 0 aromatic heterocycles. The third-order valence-electron chi connectivity index (χ3n) is 3.51. The molecule has 0 aliphatic carbocycles. The highest BCUT2D eigenvalue weighted by atomic mass is 16.6. The summed E-state index contributed by atoms with van der Waals surface area (Å²) in [5.74, 6) is -2.16. The number of carbonyl (C=O) groups excluding carboxylic acids is 3. The van der Waals surface area contributed by atoms with Gasteiger partial charge in [0.05, 0.1) is 23.2 Å². The van der Waals surface area contributed by atoms with Gasteiger partial charge in [-0.05, 0) is 33.8 Å². The highest BCUT2D eigenvalue weighted by Gasteiger charge is 2.23. The van der Waals surface area contributed by atoms with E-state index in [4.69, 9.17) is 4.74 Å². The fourth-order valence-corrected chi connectivity index (χ4v) is 2.53. The van der Waals surface area contributed by atoms with Gasteiger partial charge in [0, 0.05) is 24.2 Å². The van der Waals surface area contributed by atoms with Crippen molar-refractivity contribution in [3.63, 3.8) is 0 Å². The van der Waals surface area contributed by atoms with E-state index in [1.165, 1.54) is 0 Å². The van der Waals surface area contributed by atoms with Crippen LogP contribution in [0.5, 0.6) is 0 Å². The van der Waals surface area contributed by atoms with Gasteiger partial charge in [-0.1, -0.05) is 0 Å². The number of benzene rings is 1. The predicted molar refractivity (Wildman–Crippen MR) is 91.8 cm³/mol. The van der Waals surface area contributed by atoms with Crippen molar-refractivity contribution >= 4 is 23.5 Å². The number of ether oxygens (including phenoxy) is 2. The van der Waals surface area contributed by atoms with Gasteiger partial charge in [0.25, 0.3) is 11.6 Å². The summed E-state index contributed by atoms with van der Waals surface area (Å²) in [6.45, 7) is 6.84. The zero-order valence-corrected chi connectivity index (χ0v) is 15.3. The number of non-ortho nitro benzene ring substituents is 1. The minimum absolute atomic E-state index is 0.0788. The van der Waals surface area contributed by atoms with E-state index in [9.17, 15) is 24.5 Å². The molecular formula is C17H22N2O7. The van der Waals surface area contributed by atoms with Crippen LogP contribution in [0, 0.1) is 10.1 Å². The Kier molecular flexibility index (Phi) is 7.24. The summed E-state index contributed by atoms with van der Waals surface area (Å²) < 4.78 is 9.48. The Bertz CT molecular complexity index is 705. The highest BCUT2D eigenvalue weighted by molar-refractivity contribution is 5.97. The van der Waals surface area contributed by atoms with Gasteiger partial charge in [-0.3, -0.25) is 14.9 Å². The van der Waals surface area contributed by atoms with Crippen LogP contribution in [0.2, 0.25) is 0 Å². The van der Waals surface area contributed by atoms with Crippen LogP contribution in [0.1, 0.15) is 48.4 Å². The van der Waals surface area contributed by atoms with Crippen LogP contribution in [0.15, 0.2) is 18.2 Å². The number of esters is 2. The fraction of sp³-hybridized carbons (Fsp3) is 0.471. The van der Waals surface area contributed by atoms with Crippen molar-refractivity contribution in [2.75, 3.05) is 13.7 Å². The van der Waals surface area contributed by atoms with E-state index in [2.05, 4.69) is 4.74 Å². The minimum Gasteiger partial charge on any atom is -0.465 e. The molecule has 1 aromatic carbocycles. The van der Waals surface area contributed by atoms with Crippen molar-refractivity contribution < 1.29 is 28.8 Å². The van der Waals surface area contributed by atoms with Crippen LogP contribution < -0.4 is 0 Å². The zero-order valence-electron chi connectivity index (χ0n) is 15.3. The molecule has 0 fully saturated rings. The van der Waals surface area contributed by atoms with Crippen LogP contribution in [0.3, 0.4) is 0 Å². The SMILES string of the molecule is COC(=O)c1cc(C(=O)OCC(=O)N(C(C)C)C(C)C)cc([N+](=O)[O-])c1. The van der Waals surface area contributed by atoms with Crippen molar-refractivity contribution in [1.82, 2.24) is 4.90 Å². The summed E-state index contributed by atoms with van der Waals surface area (Å²) in [6, 6.07) is 2.93. The molecule has 0 N–H and O–H groups in total. The molecule has 1 amide bonds. The second-order valence-corrected chi connectivity index (χ2v) is 6.08. The summed E-state index contributed by atoms with van der Waals surface area (Å²) in [5, 5.41) is 11.0. The topological polar surface area (TPSA) is 116 Å². The molecule has 9 heteroatoms. The Labute approximate surface area is 151 Å². The van der Waals surface area contributed by atoms with E-state index in [1.54, 1.807) is 4.90 Å². The number of amides is 1. The third kappa shape index (κ3) is 5.27. The molecule has 142 valence electrons. The lowest BCUT2D eigenvalue weighted by Crippen LogP contribution is -2.44. The Morgan fingerprint density at radius 1 is 1.04 bits per heavy atom. The Morgan fingerprint density at radius 3 is 1.96 bits per heavy atom. The van der Waals surface area contributed by atoms with Gasteiger partial charge in [0.2, 0.25) is 0 Å². The minimum atomic E-state index is -0.945. The van der Waals surface area contributed by atoms with Crippen LogP contribution in [-0.2, 0) is 14.3 Å². The maximum absolute atomic E-state index is 12.2. The Morgan fingerprint density at radius 2 is 1.54 bits per heavy atom. The average molecular weight is 366 g/mol. The van der Waals surface area contributed by atoms with E-state index in [0.29, 0.717) is 0 Å². The maximum atomic E-state index is 12.2. The van der Waals surface area contributed by atoms with Crippen molar-refractivity contribution in [3.05, 3.63) is 39.4 Å². The first-order valence-corrected chi connectivity index (χ1v) is 7.94. The lowest BCUT2D eigenvalue weighted by atomic mass is 10.1. The van der Waals surface area contributed by atoms with Crippen molar-refractivity contribution in [2.45, 2.75) is 39.8 Å². The van der Waals surface area contributed by atoms with Gasteiger partial charge in [0.1, 0.15) is 0 Å². The molecular weight excluding hydrogens is 344 g/mol. The van der Waals surface area contributed by atoms with Gasteiger partial charge in [-0.15, -0.1) is 0 Å². The molecule has 1 aromatic rings. The van der Waals surface area contributed by atoms with E-state index < -0.39 is 29.2 Å². The zero-order chi connectivity index (χ0) is 20.0. The molecule has 0 atom stereocenters. The second kappa shape index (κ2) is 8.93. The average Bonchev–Trinajstić information content (AvgIpc) is 2.57. The second-order valence-electron chi connectivity index (χ2n) is 6.08. The van der Waals surface area contributed by atoms with Gasteiger partial charge < -0.3 is 14.4 Å². The number of rotatable bonds is 7. The molecule has 0 bridgehead atoms. The van der Waals surface area contributed by atoms with Crippen LogP contribution in [0.4, 0.5) is 5.69 Å². The number of carbonyl (C=O) groups is 3. The normalized spacial score (nSPS) is 10.6. The molecule has 0 unspecified atom stereocenters. The quantitative estimate of drug-likeness (QED) is 0.412. The van der Waals surface area contributed by atoms with Crippen LogP contribution >= 0.6 is 0 Å². The molecule has 26 heavy (non-hydrogen) atoms. The summed E-state index contributed by atoms with van der Waals surface area (Å²) in [5.41, 5.74) is -0.837. The molecule has 1 rings (SSSR count). The van der Waals surface area contributed by atoms with Crippen LogP contribution in [0.25, 0.3) is 0 Å². The number of nitrogens with zero attached hydrogens (tertiary/aromatic N) is 2. The van der Waals surface area contributed by atoms with E-state index >= 15 is 0 Å². The molecule has 0 spiro atoms. The first-order chi connectivity index (χ1) is 12.1. The Balaban J connectivity index is 2.99. The molecule has 0 saturated carbocycles. The first-order valence-electron chi connectivity index (χ1n) is 7.94. The first kappa shape index (κ1) is 21.1. The fourth-order valence-electron chi connectivity index (χ4n) is 2.53. The number of methoxy groups -OCH3 is 1. The molecule has 0 aliphatic rings. The molecule has 0 heterocycles. The van der Waals surface area contributed by atoms with Crippen LogP contribution in [-0.4, -0.2) is 53.5 Å². The molecule has 9 nitrogen and oxygen atoms in total. The van der Waals surface area contributed by atoms with Crippen molar-refractivity contribution in [1.29, 1.82) is 0 Å². The smallest absolute Gasteiger partial charge is 0.338 e. The highest BCUT2D eigenvalue weighted by Crippen LogP contribution is 2.19. The van der Waals surface area contributed by atoms with E-state index in [0.717, 1.165) is 25.3 Å². The predicted octanol–water partition coefficient (Wildman–Crippen LogP) is 2.18. The van der Waals surface area contributed by atoms with Crippen molar-refractivity contribution in [3.8, 4) is 0 Å². The summed E-state index contributed by atoms with van der Waals surface area (Å²) >= 11 is 0. The molecule has 0 radical (unpaired) electrons. The van der Waals surface area contributed by atoms with Gasteiger partial charge in [0.15, 0.2) is 6.61 Å². The maximum Gasteiger partial charge on any atom is 0.338 e. The lowest BCUT2D eigenvalue weighted by Gasteiger charge is -2.30. The number of nitro benzene ring substituents is 1. The number of hydrogen-bond donors (Lipinski definition) is 0. The van der Waals surface area contributed by atoms with E-state index in [1.807, 2.05) is 27.7 Å². The monoisotopic (exact) mass is 366 g/mol. The summed E-state index contributed by atoms with van der Waals surface area (Å²) in [4.78, 5) is 47.8. The third-order valence-corrected chi connectivity index (χ3v) is 3.51. The standard InChI is InChI=1S/C17H22N2O7/c1-10(2)18(11(3)4)15(20)9-26-17(22)13-6-12(16(21)25-5)7-14(8-13)19(23)24/h6-8,10-11H,9H2,1-5H3. The van der Waals surface area contributed by atoms with Gasteiger partial charge in [-0.25, -0.2) is 9.59 Å². The summed E-state index contributed by atoms with van der Waals surface area (Å²) in [7, 11) is 1.12. The number of hydrogen-bond acceptors (Lipinski definition) is 7. The van der Waals surface area contributed by atoms with E-state index in [-0.39, 0.29) is 29.1 Å². The lowest BCUT2D eigenvalue weighted by molar-refractivity contribution is -0.384. The van der Waals surface area contributed by atoms with Gasteiger partial charge >= 0.3 is 11.9 Å². The molecule has 0 aliphatic heterocycles.